The summed E-state index contributed by atoms with van der Waals surface area (Å²) in [6.45, 7) is 7.38. The normalized spacial score (nSPS) is 17.9. The Bertz CT molecular complexity index is 1290. The van der Waals surface area contributed by atoms with Gasteiger partial charge < -0.3 is 10.4 Å². The van der Waals surface area contributed by atoms with Gasteiger partial charge in [-0.15, -0.1) is 0 Å². The average molecular weight is 465 g/mol. The maximum atomic E-state index is 14.7. The highest BCUT2D eigenvalue weighted by molar-refractivity contribution is 6.03. The fourth-order valence-electron chi connectivity index (χ4n) is 4.12. The summed E-state index contributed by atoms with van der Waals surface area (Å²) < 4.78 is 43.7. The van der Waals surface area contributed by atoms with Gasteiger partial charge in [0, 0.05) is 11.8 Å². The Hall–Kier alpha value is -3.78. The number of nitrogens with zero attached hydrogens (tertiary/aromatic N) is 2. The van der Waals surface area contributed by atoms with Crippen LogP contribution in [0.2, 0.25) is 0 Å². The van der Waals surface area contributed by atoms with Gasteiger partial charge in [-0.25, -0.2) is 18.2 Å². The first kappa shape index (κ1) is 23.4. The minimum Gasteiger partial charge on any atom is -0.389 e. The molecule has 2 unspecified atom stereocenters. The van der Waals surface area contributed by atoms with Gasteiger partial charge in [-0.2, -0.15) is 0 Å². The molecule has 4 rings (SSSR count). The van der Waals surface area contributed by atoms with E-state index in [0.29, 0.717) is 24.9 Å². The van der Waals surface area contributed by atoms with E-state index in [2.05, 4.69) is 28.4 Å². The van der Waals surface area contributed by atoms with E-state index >= 15 is 0 Å². The Morgan fingerprint density at radius 1 is 1.12 bits per heavy atom. The number of hydrogen-bond donors (Lipinski definition) is 2. The Balaban J connectivity index is 1.66. The van der Waals surface area contributed by atoms with Gasteiger partial charge in [0.15, 0.2) is 0 Å². The van der Waals surface area contributed by atoms with E-state index in [1.807, 2.05) is 0 Å². The molecule has 0 spiro atoms. The molecule has 2 heterocycles. The number of carbonyl (C=O) groups excluding carboxylic acids is 1. The molecule has 1 aromatic carbocycles. The molecule has 1 aliphatic rings. The van der Waals surface area contributed by atoms with Crippen LogP contribution in [-0.2, 0) is 0 Å². The van der Waals surface area contributed by atoms with Crippen molar-refractivity contribution >= 4 is 17.7 Å². The van der Waals surface area contributed by atoms with Crippen molar-refractivity contribution in [1.29, 1.82) is 0 Å². The molecule has 0 bridgehead atoms. The smallest absolute Gasteiger partial charge is 0.274 e. The highest BCUT2D eigenvalue weighted by Crippen LogP contribution is 2.38. The maximum Gasteiger partial charge on any atom is 0.274 e. The number of carbonyl (C=O) groups is 1. The number of halogens is 3. The van der Waals surface area contributed by atoms with Crippen molar-refractivity contribution in [2.24, 2.45) is 0 Å². The summed E-state index contributed by atoms with van der Waals surface area (Å²) in [6.07, 6.45) is 5.54. The van der Waals surface area contributed by atoms with Crippen LogP contribution in [0, 0.1) is 17.5 Å². The van der Waals surface area contributed by atoms with E-state index < -0.39 is 40.7 Å². The lowest BCUT2D eigenvalue weighted by atomic mass is 9.80. The van der Waals surface area contributed by atoms with Crippen LogP contribution < -0.4 is 5.32 Å². The van der Waals surface area contributed by atoms with Gasteiger partial charge in [0.1, 0.15) is 28.8 Å². The number of anilines is 1. The van der Waals surface area contributed by atoms with Gasteiger partial charge in [0.25, 0.3) is 5.91 Å². The quantitative estimate of drug-likeness (QED) is 0.478. The van der Waals surface area contributed by atoms with E-state index in [0.717, 1.165) is 29.3 Å². The molecule has 3 aromatic rings. The van der Waals surface area contributed by atoms with Crippen molar-refractivity contribution < 1.29 is 23.1 Å². The minimum atomic E-state index is -1.02. The van der Waals surface area contributed by atoms with Crippen molar-refractivity contribution in [3.8, 4) is 11.3 Å². The second kappa shape index (κ2) is 9.61. The number of benzene rings is 1. The van der Waals surface area contributed by atoms with E-state index in [9.17, 15) is 23.1 Å². The molecule has 1 fully saturated rings. The molecule has 2 aromatic heterocycles. The lowest BCUT2D eigenvalue weighted by Gasteiger charge is -2.29. The summed E-state index contributed by atoms with van der Waals surface area (Å²) in [4.78, 5) is 21.0. The highest BCUT2D eigenvalue weighted by atomic mass is 19.1. The van der Waals surface area contributed by atoms with Crippen molar-refractivity contribution in [2.75, 3.05) is 5.32 Å². The van der Waals surface area contributed by atoms with Gasteiger partial charge in [0.2, 0.25) is 0 Å². The molecule has 0 saturated heterocycles. The second-order valence-corrected chi connectivity index (χ2v) is 8.13. The standard InChI is InChI=1S/C26H22F3N3O2/c1-3-15-4-6-18(27)23(24(15)29)25-19(28)7-8-20(31-25)26(34)32-21-13-30-11-10-17(21)16-5-9-22(33)14(2)12-16/h3-4,6-8,10-11,13,16,22,33H,1-2,5,9,12H2,(H,32,34). The van der Waals surface area contributed by atoms with E-state index in [4.69, 9.17) is 0 Å². The van der Waals surface area contributed by atoms with Crippen LogP contribution in [0.25, 0.3) is 17.3 Å². The number of nitrogens with one attached hydrogen (secondary N) is 1. The molecule has 0 radical (unpaired) electrons. The van der Waals surface area contributed by atoms with E-state index in [-0.39, 0.29) is 17.2 Å². The molecule has 1 saturated carbocycles. The van der Waals surface area contributed by atoms with Crippen molar-refractivity contribution in [1.82, 2.24) is 9.97 Å². The van der Waals surface area contributed by atoms with Gasteiger partial charge in [-0.1, -0.05) is 19.2 Å². The number of amides is 1. The first-order valence-electron chi connectivity index (χ1n) is 10.7. The SMILES string of the molecule is C=Cc1ccc(F)c(-c2nc(C(=O)Nc3cnccc3C3CCC(O)C(=C)C3)ccc2F)c1F. The number of hydrogen-bond acceptors (Lipinski definition) is 4. The zero-order valence-corrected chi connectivity index (χ0v) is 18.2. The molecule has 5 nitrogen and oxygen atoms in total. The third-order valence-electron chi connectivity index (χ3n) is 5.97. The second-order valence-electron chi connectivity index (χ2n) is 8.13. The summed E-state index contributed by atoms with van der Waals surface area (Å²) in [6, 6.07) is 6.02. The molecule has 34 heavy (non-hydrogen) atoms. The van der Waals surface area contributed by atoms with Crippen LogP contribution >= 0.6 is 0 Å². The first-order valence-corrected chi connectivity index (χ1v) is 10.7. The molecule has 1 amide bonds. The van der Waals surface area contributed by atoms with Crippen LogP contribution in [-0.4, -0.2) is 27.1 Å². The van der Waals surface area contributed by atoms with Crippen molar-refractivity contribution in [2.45, 2.75) is 31.3 Å². The van der Waals surface area contributed by atoms with E-state index in [1.54, 1.807) is 12.3 Å². The number of rotatable bonds is 5. The fraction of sp³-hybridized carbons (Fsp3) is 0.192. The number of aliphatic hydroxyl groups is 1. The Labute approximate surface area is 194 Å². The highest BCUT2D eigenvalue weighted by Gasteiger charge is 2.26. The summed E-state index contributed by atoms with van der Waals surface area (Å²) in [5.41, 5.74) is 0.432. The molecular weight excluding hydrogens is 443 g/mol. The number of aromatic nitrogens is 2. The maximum absolute atomic E-state index is 14.7. The minimum absolute atomic E-state index is 0.0216. The fourth-order valence-corrected chi connectivity index (χ4v) is 4.12. The third kappa shape index (κ3) is 4.49. The molecule has 2 atom stereocenters. The number of aliphatic hydroxyl groups excluding tert-OH is 1. The summed E-state index contributed by atoms with van der Waals surface area (Å²) in [7, 11) is 0. The van der Waals surface area contributed by atoms with Crippen LogP contribution in [0.15, 0.2) is 61.5 Å². The molecule has 8 heteroatoms. The van der Waals surface area contributed by atoms with Gasteiger partial charge in [-0.05, 0) is 66.6 Å². The average Bonchev–Trinajstić information content (AvgIpc) is 2.82. The van der Waals surface area contributed by atoms with Gasteiger partial charge in [0.05, 0.1) is 23.6 Å². The lowest BCUT2D eigenvalue weighted by molar-refractivity contribution is 0.102. The molecule has 2 N–H and O–H groups in total. The summed E-state index contributed by atoms with van der Waals surface area (Å²) in [5.74, 6) is -3.67. The zero-order chi connectivity index (χ0) is 24.4. The molecular formula is C26H22F3N3O2. The monoisotopic (exact) mass is 465 g/mol. The first-order chi connectivity index (χ1) is 16.3. The molecule has 1 aliphatic carbocycles. The number of pyridine rings is 2. The van der Waals surface area contributed by atoms with Crippen LogP contribution in [0.1, 0.15) is 46.8 Å². The van der Waals surface area contributed by atoms with Gasteiger partial charge >= 0.3 is 0 Å². The Morgan fingerprint density at radius 3 is 2.62 bits per heavy atom. The van der Waals surface area contributed by atoms with Crippen LogP contribution in [0.5, 0.6) is 0 Å². The van der Waals surface area contributed by atoms with E-state index in [1.165, 1.54) is 18.3 Å². The summed E-state index contributed by atoms with van der Waals surface area (Å²) >= 11 is 0. The zero-order valence-electron chi connectivity index (χ0n) is 18.2. The Morgan fingerprint density at radius 2 is 1.88 bits per heavy atom. The Kier molecular flexibility index (Phi) is 6.61. The van der Waals surface area contributed by atoms with Gasteiger partial charge in [-0.3, -0.25) is 9.78 Å². The third-order valence-corrected chi connectivity index (χ3v) is 5.97. The molecule has 174 valence electrons. The topological polar surface area (TPSA) is 75.1 Å². The van der Waals surface area contributed by atoms with Crippen LogP contribution in [0.3, 0.4) is 0 Å². The predicted molar refractivity (Wildman–Crippen MR) is 124 cm³/mol. The van der Waals surface area contributed by atoms with Crippen LogP contribution in [0.4, 0.5) is 18.9 Å². The largest absolute Gasteiger partial charge is 0.389 e. The summed E-state index contributed by atoms with van der Waals surface area (Å²) in [5, 5.41) is 12.7. The predicted octanol–water partition coefficient (Wildman–Crippen LogP) is 5.64. The lowest BCUT2D eigenvalue weighted by Crippen LogP contribution is -2.21. The molecule has 0 aliphatic heterocycles. The van der Waals surface area contributed by atoms with Crippen molar-refractivity contribution in [3.05, 3.63) is 95.7 Å². The van der Waals surface area contributed by atoms with Crippen molar-refractivity contribution in [3.63, 3.8) is 0 Å².